The van der Waals surface area contributed by atoms with Gasteiger partial charge >= 0.3 is 0 Å². The third-order valence-electron chi connectivity index (χ3n) is 8.95. The highest BCUT2D eigenvalue weighted by atomic mass is 35.5. The summed E-state index contributed by atoms with van der Waals surface area (Å²) in [4.78, 5) is 45.8. The molecule has 4 aliphatic rings. The number of para-hydroxylation sites is 2. The van der Waals surface area contributed by atoms with Gasteiger partial charge in [0.15, 0.2) is 5.78 Å². The summed E-state index contributed by atoms with van der Waals surface area (Å²) < 4.78 is 5.84. The number of amides is 2. The van der Waals surface area contributed by atoms with Gasteiger partial charge in [0, 0.05) is 22.9 Å². The molecule has 0 radical (unpaired) electrons. The molecule has 2 fully saturated rings. The first kappa shape index (κ1) is 24.4. The van der Waals surface area contributed by atoms with Crippen LogP contribution in [0.25, 0.3) is 0 Å². The van der Waals surface area contributed by atoms with E-state index in [0.29, 0.717) is 58.4 Å². The van der Waals surface area contributed by atoms with E-state index in [1.54, 1.807) is 18.2 Å². The van der Waals surface area contributed by atoms with Crippen molar-refractivity contribution in [2.24, 2.45) is 5.92 Å². The molecule has 0 aromatic heterocycles. The van der Waals surface area contributed by atoms with Crippen LogP contribution in [0.4, 0.5) is 11.4 Å². The fourth-order valence-electron chi connectivity index (χ4n) is 7.71. The van der Waals surface area contributed by atoms with Crippen LogP contribution in [0.5, 0.6) is 5.75 Å². The maximum atomic E-state index is 14.7. The molecule has 0 aliphatic carbocycles. The Morgan fingerprint density at radius 2 is 1.82 bits per heavy atom. The molecular weight excluding hydrogens is 514 g/mol. The highest BCUT2D eigenvalue weighted by Crippen LogP contribution is 2.68. The molecular formula is C31H28ClN3O4. The number of benzene rings is 3. The zero-order chi connectivity index (χ0) is 26.9. The second-order valence-corrected chi connectivity index (χ2v) is 11.2. The van der Waals surface area contributed by atoms with Crippen molar-refractivity contribution in [1.82, 2.24) is 4.90 Å². The number of ketones is 1. The van der Waals surface area contributed by atoms with Crippen molar-refractivity contribution in [2.45, 2.75) is 43.2 Å². The molecule has 39 heavy (non-hydrogen) atoms. The average Bonchev–Trinajstić information content (AvgIpc) is 3.67. The first-order valence-corrected chi connectivity index (χ1v) is 13.9. The predicted octanol–water partition coefficient (Wildman–Crippen LogP) is 5.14. The number of rotatable bonds is 5. The summed E-state index contributed by atoms with van der Waals surface area (Å²) >= 11 is 6.61. The normalized spacial score (nSPS) is 28.4. The lowest BCUT2D eigenvalue weighted by Crippen LogP contribution is -2.62. The van der Waals surface area contributed by atoms with Crippen LogP contribution < -0.4 is 15.4 Å². The average molecular weight is 542 g/mol. The van der Waals surface area contributed by atoms with Crippen LogP contribution in [-0.4, -0.2) is 41.7 Å². The maximum absolute atomic E-state index is 14.7. The lowest BCUT2D eigenvalue weighted by atomic mass is 9.57. The molecule has 4 aliphatic heterocycles. The SMILES string of the molecule is CCCOc1cccc(C(=O)C2C3CCCN3C3(C(=O)Nc4c(Cl)cccc43)C23C(=O)Nc2ccccc23)c1. The van der Waals surface area contributed by atoms with Crippen molar-refractivity contribution in [3.8, 4) is 5.75 Å². The Hall–Kier alpha value is -3.68. The number of carbonyl (C=O) groups excluding carboxylic acids is 3. The van der Waals surface area contributed by atoms with Crippen molar-refractivity contribution >= 4 is 40.6 Å². The van der Waals surface area contributed by atoms with Crippen LogP contribution in [0.1, 0.15) is 47.7 Å². The van der Waals surface area contributed by atoms with E-state index in [9.17, 15) is 14.4 Å². The minimum absolute atomic E-state index is 0.166. The number of fused-ring (bicyclic) bond motifs is 7. The molecule has 0 saturated carbocycles. The van der Waals surface area contributed by atoms with E-state index in [0.717, 1.165) is 12.8 Å². The molecule has 2 spiro atoms. The van der Waals surface area contributed by atoms with Gasteiger partial charge in [-0.3, -0.25) is 19.3 Å². The molecule has 3 aromatic carbocycles. The number of anilines is 2. The van der Waals surface area contributed by atoms with Crippen LogP contribution in [0, 0.1) is 5.92 Å². The van der Waals surface area contributed by atoms with Crippen molar-refractivity contribution in [3.63, 3.8) is 0 Å². The monoisotopic (exact) mass is 541 g/mol. The summed E-state index contributed by atoms with van der Waals surface area (Å²) in [6.45, 7) is 3.15. The van der Waals surface area contributed by atoms with Gasteiger partial charge in [0.2, 0.25) is 5.91 Å². The fraction of sp³-hybridized carbons (Fsp3) is 0.323. The summed E-state index contributed by atoms with van der Waals surface area (Å²) in [7, 11) is 0. The molecule has 7 nitrogen and oxygen atoms in total. The number of carbonyl (C=O) groups is 3. The van der Waals surface area contributed by atoms with Gasteiger partial charge in [0.25, 0.3) is 5.91 Å². The Morgan fingerprint density at radius 3 is 2.67 bits per heavy atom. The van der Waals surface area contributed by atoms with Gasteiger partial charge in [-0.15, -0.1) is 0 Å². The van der Waals surface area contributed by atoms with Crippen LogP contribution in [0.15, 0.2) is 66.7 Å². The van der Waals surface area contributed by atoms with Crippen molar-refractivity contribution in [3.05, 3.63) is 88.4 Å². The molecule has 4 unspecified atom stereocenters. The highest BCUT2D eigenvalue weighted by Gasteiger charge is 2.81. The Morgan fingerprint density at radius 1 is 1.03 bits per heavy atom. The van der Waals surface area contributed by atoms with E-state index in [1.165, 1.54) is 0 Å². The largest absolute Gasteiger partial charge is 0.494 e. The second kappa shape index (κ2) is 8.66. The van der Waals surface area contributed by atoms with Crippen LogP contribution >= 0.6 is 11.6 Å². The van der Waals surface area contributed by atoms with E-state index >= 15 is 0 Å². The number of nitrogens with one attached hydrogen (secondary N) is 2. The first-order valence-electron chi connectivity index (χ1n) is 13.5. The number of nitrogens with zero attached hydrogens (tertiary/aromatic N) is 1. The number of ether oxygens (including phenoxy) is 1. The Bertz CT molecular complexity index is 1560. The van der Waals surface area contributed by atoms with Crippen LogP contribution in [0.3, 0.4) is 0 Å². The lowest BCUT2D eigenvalue weighted by Gasteiger charge is -2.43. The van der Waals surface area contributed by atoms with Crippen molar-refractivity contribution < 1.29 is 19.1 Å². The van der Waals surface area contributed by atoms with Gasteiger partial charge in [0.1, 0.15) is 16.7 Å². The fourth-order valence-corrected chi connectivity index (χ4v) is 7.93. The standard InChI is InChI=1S/C31H28ClN3O4/c1-2-16-39-19-9-5-8-18(17-19)27(36)25-24-14-7-15-35(24)31(21-11-6-12-22(32)26(21)34-29(31)38)30(25)20-10-3-4-13-23(20)33-28(30)37/h3-6,8-13,17,24-25H,2,7,14-16H2,1H3,(H,33,37)(H,34,38). The van der Waals surface area contributed by atoms with Gasteiger partial charge in [-0.05, 0) is 55.6 Å². The van der Waals surface area contributed by atoms with E-state index in [1.807, 2.05) is 55.5 Å². The van der Waals surface area contributed by atoms with Crippen molar-refractivity contribution in [1.29, 1.82) is 0 Å². The molecule has 2 N–H and O–H groups in total. The van der Waals surface area contributed by atoms with E-state index in [-0.39, 0.29) is 23.6 Å². The first-order chi connectivity index (χ1) is 19.0. The minimum Gasteiger partial charge on any atom is -0.494 e. The van der Waals surface area contributed by atoms with E-state index in [2.05, 4.69) is 15.5 Å². The number of hydrogen-bond donors (Lipinski definition) is 2. The molecule has 198 valence electrons. The summed E-state index contributed by atoms with van der Waals surface area (Å²) in [5.41, 5.74) is 0.00363. The summed E-state index contributed by atoms with van der Waals surface area (Å²) in [5, 5.41) is 6.49. The molecule has 4 heterocycles. The highest BCUT2D eigenvalue weighted by molar-refractivity contribution is 6.35. The number of hydrogen-bond acceptors (Lipinski definition) is 5. The van der Waals surface area contributed by atoms with Gasteiger partial charge in [-0.1, -0.05) is 61.0 Å². The molecule has 8 heteroatoms. The quantitative estimate of drug-likeness (QED) is 0.437. The molecule has 3 aromatic rings. The zero-order valence-corrected chi connectivity index (χ0v) is 22.3. The third kappa shape index (κ3) is 2.95. The Labute approximate surface area is 231 Å². The molecule has 2 amide bonds. The topological polar surface area (TPSA) is 87.7 Å². The van der Waals surface area contributed by atoms with E-state index in [4.69, 9.17) is 16.3 Å². The Balaban J connectivity index is 1.52. The second-order valence-electron chi connectivity index (χ2n) is 10.8. The van der Waals surface area contributed by atoms with Gasteiger partial charge in [-0.2, -0.15) is 0 Å². The molecule has 7 rings (SSSR count). The van der Waals surface area contributed by atoms with Crippen molar-refractivity contribution in [2.75, 3.05) is 23.8 Å². The van der Waals surface area contributed by atoms with Gasteiger partial charge < -0.3 is 15.4 Å². The van der Waals surface area contributed by atoms with Gasteiger partial charge in [-0.25, -0.2) is 0 Å². The zero-order valence-electron chi connectivity index (χ0n) is 21.5. The number of Topliss-reactive ketones (excluding diaryl/α,β-unsaturated/α-hetero) is 1. The summed E-state index contributed by atoms with van der Waals surface area (Å²) in [6.07, 6.45) is 2.36. The number of halogens is 1. The third-order valence-corrected chi connectivity index (χ3v) is 9.27. The van der Waals surface area contributed by atoms with Crippen LogP contribution in [-0.2, 0) is 20.5 Å². The maximum Gasteiger partial charge on any atom is 0.251 e. The molecule has 0 bridgehead atoms. The Kier molecular flexibility index (Phi) is 5.41. The van der Waals surface area contributed by atoms with Gasteiger partial charge in [0.05, 0.1) is 23.2 Å². The predicted molar refractivity (Wildman–Crippen MR) is 148 cm³/mol. The molecule has 4 atom stereocenters. The smallest absolute Gasteiger partial charge is 0.251 e. The summed E-state index contributed by atoms with van der Waals surface area (Å²) in [5.74, 6) is -1.01. The minimum atomic E-state index is -1.49. The lowest BCUT2D eigenvalue weighted by molar-refractivity contribution is -0.137. The van der Waals surface area contributed by atoms with Crippen LogP contribution in [0.2, 0.25) is 5.02 Å². The molecule has 2 saturated heterocycles. The summed E-state index contributed by atoms with van der Waals surface area (Å²) in [6, 6.07) is 19.7. The van der Waals surface area contributed by atoms with E-state index < -0.39 is 16.9 Å².